The topological polar surface area (TPSA) is 105 Å². The van der Waals surface area contributed by atoms with E-state index in [2.05, 4.69) is 5.32 Å². The van der Waals surface area contributed by atoms with Crippen LogP contribution < -0.4 is 24.6 Å². The number of amides is 3. The van der Waals surface area contributed by atoms with Crippen molar-refractivity contribution in [1.29, 1.82) is 0 Å². The van der Waals surface area contributed by atoms with Crippen molar-refractivity contribution in [1.82, 2.24) is 5.32 Å². The minimum Gasteiger partial charge on any atom is -0.497 e. The van der Waals surface area contributed by atoms with Crippen LogP contribution in [0.15, 0.2) is 158 Å². The van der Waals surface area contributed by atoms with Crippen molar-refractivity contribution in [2.24, 2.45) is 5.92 Å². The Hall–Kier alpha value is -7.00. The first kappa shape index (κ1) is 40.7. The molecule has 6 aromatic carbocycles. The molecule has 1 N–H and O–H groups in total. The van der Waals surface area contributed by atoms with Crippen LogP contribution in [0.2, 0.25) is 0 Å². The molecule has 58 heavy (non-hydrogen) atoms. The number of carbonyl (C=O) groups is 4. The normalized spacial score (nSPS) is 11.8. The molecule has 0 aliphatic rings. The Bertz CT molecular complexity index is 2160. The van der Waals surface area contributed by atoms with Gasteiger partial charge in [0.15, 0.2) is 5.78 Å². The van der Waals surface area contributed by atoms with Crippen molar-refractivity contribution in [3.63, 3.8) is 0 Å². The zero-order valence-electron chi connectivity index (χ0n) is 33.1. The molecule has 0 saturated carbocycles. The molecule has 9 heteroatoms. The van der Waals surface area contributed by atoms with Crippen molar-refractivity contribution < 1.29 is 28.7 Å². The molecule has 3 amide bonds. The standard InChI is InChI=1S/C49H47N3O6/c1-51(37-23-27-39(57-3)28-24-37)48(55)36(31-34-15-7-5-8-16-34)33-46(53)43-21-13-11-19-41(43)42-20-12-14-22-44(42)47(54)50-45(32-35-17-9-6-10-18-35)49(56)52(2)38-25-29-40(58-4)30-26-38/h5-30,36,45H,31-33H2,1-4H3,(H,50,54)/t36-,45+/m1/s1. The predicted octanol–water partition coefficient (Wildman–Crippen LogP) is 8.47. The van der Waals surface area contributed by atoms with Gasteiger partial charge in [0.1, 0.15) is 17.5 Å². The number of carbonyl (C=O) groups excluding carboxylic acids is 4. The lowest BCUT2D eigenvalue weighted by Gasteiger charge is -2.26. The first-order chi connectivity index (χ1) is 28.2. The van der Waals surface area contributed by atoms with E-state index in [1.54, 1.807) is 106 Å². The molecule has 0 radical (unpaired) electrons. The molecule has 9 nitrogen and oxygen atoms in total. The average molecular weight is 774 g/mol. The van der Waals surface area contributed by atoms with Crippen LogP contribution in [-0.4, -0.2) is 57.9 Å². The van der Waals surface area contributed by atoms with Gasteiger partial charge >= 0.3 is 0 Å². The highest BCUT2D eigenvalue weighted by atomic mass is 16.5. The van der Waals surface area contributed by atoms with Gasteiger partial charge in [-0.15, -0.1) is 0 Å². The molecule has 0 saturated heterocycles. The van der Waals surface area contributed by atoms with Crippen LogP contribution in [-0.2, 0) is 22.4 Å². The number of ether oxygens (including phenoxy) is 2. The lowest BCUT2D eigenvalue weighted by Crippen LogP contribution is -2.48. The number of likely N-dealkylation sites (N-methyl/N-ethyl adjacent to an activating group) is 1. The van der Waals surface area contributed by atoms with Gasteiger partial charge in [0.25, 0.3) is 5.91 Å². The third-order valence-corrected chi connectivity index (χ3v) is 10.3. The molecular formula is C49H47N3O6. The highest BCUT2D eigenvalue weighted by Gasteiger charge is 2.30. The number of anilines is 2. The number of methoxy groups -OCH3 is 2. The van der Waals surface area contributed by atoms with E-state index in [1.807, 2.05) is 84.9 Å². The molecular weight excluding hydrogens is 727 g/mol. The van der Waals surface area contributed by atoms with Crippen molar-refractivity contribution >= 4 is 34.9 Å². The van der Waals surface area contributed by atoms with Gasteiger partial charge < -0.3 is 24.6 Å². The van der Waals surface area contributed by atoms with Crippen LogP contribution >= 0.6 is 0 Å². The maximum atomic E-state index is 14.4. The van der Waals surface area contributed by atoms with E-state index in [9.17, 15) is 19.2 Å². The zero-order valence-corrected chi connectivity index (χ0v) is 33.1. The van der Waals surface area contributed by atoms with Gasteiger partial charge in [-0.2, -0.15) is 0 Å². The fourth-order valence-electron chi connectivity index (χ4n) is 7.02. The van der Waals surface area contributed by atoms with Gasteiger partial charge in [-0.1, -0.05) is 103 Å². The Balaban J connectivity index is 1.29. The Kier molecular flexibility index (Phi) is 13.5. The molecule has 6 aromatic rings. The average Bonchev–Trinajstić information content (AvgIpc) is 3.28. The Morgan fingerprint density at radius 3 is 1.47 bits per heavy atom. The second-order valence-electron chi connectivity index (χ2n) is 14.0. The predicted molar refractivity (Wildman–Crippen MR) is 229 cm³/mol. The van der Waals surface area contributed by atoms with Crippen LogP contribution in [0.3, 0.4) is 0 Å². The summed E-state index contributed by atoms with van der Waals surface area (Å²) in [7, 11) is 6.55. The lowest BCUT2D eigenvalue weighted by atomic mass is 9.87. The summed E-state index contributed by atoms with van der Waals surface area (Å²) >= 11 is 0. The Morgan fingerprint density at radius 2 is 0.948 bits per heavy atom. The smallest absolute Gasteiger partial charge is 0.252 e. The number of benzene rings is 6. The summed E-state index contributed by atoms with van der Waals surface area (Å²) in [6.45, 7) is 0. The van der Waals surface area contributed by atoms with E-state index >= 15 is 0 Å². The second-order valence-corrected chi connectivity index (χ2v) is 14.0. The molecule has 2 atom stereocenters. The molecule has 0 aromatic heterocycles. The highest BCUT2D eigenvalue weighted by Crippen LogP contribution is 2.31. The molecule has 0 heterocycles. The SMILES string of the molecule is COc1ccc(N(C)C(=O)[C@@H](CC(=O)c2ccccc2-c2ccccc2C(=O)N[C@@H](Cc2ccccc2)C(=O)N(C)c2ccc(OC)cc2)Cc2ccccc2)cc1. The maximum Gasteiger partial charge on any atom is 0.252 e. The zero-order chi connectivity index (χ0) is 41.0. The Labute approximate surface area is 339 Å². The van der Waals surface area contributed by atoms with Crippen molar-refractivity contribution in [3.8, 4) is 22.6 Å². The van der Waals surface area contributed by atoms with E-state index in [0.717, 1.165) is 11.1 Å². The van der Waals surface area contributed by atoms with Crippen LogP contribution in [0.25, 0.3) is 11.1 Å². The number of rotatable bonds is 16. The fraction of sp³-hybridized carbons (Fsp3) is 0.184. The molecule has 0 bridgehead atoms. The molecule has 0 spiro atoms. The van der Waals surface area contributed by atoms with Crippen molar-refractivity contribution in [2.45, 2.75) is 25.3 Å². The summed E-state index contributed by atoms with van der Waals surface area (Å²) in [6, 6.07) is 46.8. The summed E-state index contributed by atoms with van der Waals surface area (Å²) in [5.41, 5.74) is 4.90. The number of hydrogen-bond donors (Lipinski definition) is 1. The summed E-state index contributed by atoms with van der Waals surface area (Å²) in [5.74, 6) is -0.549. The Morgan fingerprint density at radius 1 is 0.517 bits per heavy atom. The maximum absolute atomic E-state index is 14.4. The van der Waals surface area contributed by atoms with Crippen LogP contribution in [0.5, 0.6) is 11.5 Å². The first-order valence-electron chi connectivity index (χ1n) is 19.1. The highest BCUT2D eigenvalue weighted by molar-refractivity contribution is 6.09. The van der Waals surface area contributed by atoms with E-state index in [-0.39, 0.29) is 30.4 Å². The fourth-order valence-corrected chi connectivity index (χ4v) is 7.02. The van der Waals surface area contributed by atoms with Crippen LogP contribution in [0.1, 0.15) is 38.3 Å². The van der Waals surface area contributed by atoms with Gasteiger partial charge in [0.2, 0.25) is 11.8 Å². The van der Waals surface area contributed by atoms with Crippen molar-refractivity contribution in [3.05, 3.63) is 180 Å². The monoisotopic (exact) mass is 773 g/mol. The van der Waals surface area contributed by atoms with Crippen LogP contribution in [0, 0.1) is 5.92 Å². The number of nitrogens with zero attached hydrogens (tertiary/aromatic N) is 2. The first-order valence-corrected chi connectivity index (χ1v) is 19.1. The summed E-state index contributed by atoms with van der Waals surface area (Å²) in [6.07, 6.45) is 0.546. The minimum atomic E-state index is -0.917. The van der Waals surface area contributed by atoms with Crippen LogP contribution in [0.4, 0.5) is 11.4 Å². The number of ketones is 1. The lowest BCUT2D eigenvalue weighted by molar-refractivity contribution is -0.122. The molecule has 294 valence electrons. The minimum absolute atomic E-state index is 0.0645. The summed E-state index contributed by atoms with van der Waals surface area (Å²) < 4.78 is 10.6. The second kappa shape index (κ2) is 19.2. The molecule has 6 rings (SSSR count). The quantitative estimate of drug-likeness (QED) is 0.0991. The number of hydrogen-bond acceptors (Lipinski definition) is 6. The third kappa shape index (κ3) is 9.86. The molecule has 0 fully saturated rings. The third-order valence-electron chi connectivity index (χ3n) is 10.3. The van der Waals surface area contributed by atoms with Gasteiger partial charge in [0.05, 0.1) is 14.2 Å². The number of Topliss-reactive ketones (excluding diaryl/α,β-unsaturated/α-hetero) is 1. The molecule has 0 aliphatic carbocycles. The van der Waals surface area contributed by atoms with Gasteiger partial charge in [-0.3, -0.25) is 19.2 Å². The summed E-state index contributed by atoms with van der Waals surface area (Å²) in [4.78, 5) is 60.2. The van der Waals surface area contributed by atoms with E-state index < -0.39 is 17.9 Å². The summed E-state index contributed by atoms with van der Waals surface area (Å²) in [5, 5.41) is 3.03. The van der Waals surface area contributed by atoms with Gasteiger partial charge in [0, 0.05) is 55.4 Å². The largest absolute Gasteiger partial charge is 0.497 e. The van der Waals surface area contributed by atoms with E-state index in [1.165, 1.54) is 4.90 Å². The van der Waals surface area contributed by atoms with Crippen molar-refractivity contribution in [2.75, 3.05) is 38.1 Å². The molecule has 0 aliphatic heterocycles. The van der Waals surface area contributed by atoms with Gasteiger partial charge in [-0.05, 0) is 83.3 Å². The van der Waals surface area contributed by atoms with E-state index in [4.69, 9.17) is 9.47 Å². The molecule has 0 unspecified atom stereocenters. The van der Waals surface area contributed by atoms with E-state index in [0.29, 0.717) is 51.5 Å². The van der Waals surface area contributed by atoms with Gasteiger partial charge in [-0.25, -0.2) is 0 Å². The number of nitrogens with one attached hydrogen (secondary N) is 1.